The van der Waals surface area contributed by atoms with Crippen LogP contribution in [-0.4, -0.2) is 54.6 Å². The van der Waals surface area contributed by atoms with Gasteiger partial charge in [-0.1, -0.05) is 27.7 Å². The molecule has 9 heteroatoms. The van der Waals surface area contributed by atoms with Crippen LogP contribution >= 0.6 is 0 Å². The normalized spacial score (nSPS) is 25.4. The van der Waals surface area contributed by atoms with Crippen molar-refractivity contribution in [2.45, 2.75) is 117 Å². The van der Waals surface area contributed by atoms with E-state index < -0.39 is 54.6 Å². The van der Waals surface area contributed by atoms with Gasteiger partial charge in [0.15, 0.2) is 12.2 Å². The summed E-state index contributed by atoms with van der Waals surface area (Å²) in [6.45, 7) is 8.91. The maximum absolute atomic E-state index is 12.3. The third-order valence-corrected chi connectivity index (χ3v) is 4.59. The van der Waals surface area contributed by atoms with Crippen molar-refractivity contribution >= 4 is 23.9 Å². The molecular formula is C22H36O9. The maximum atomic E-state index is 12.3. The fourth-order valence-corrected chi connectivity index (χ4v) is 3.13. The molecule has 0 bridgehead atoms. The van der Waals surface area contributed by atoms with Crippen molar-refractivity contribution in [3.8, 4) is 0 Å². The molecule has 0 aliphatic carbocycles. The van der Waals surface area contributed by atoms with Crippen molar-refractivity contribution in [1.82, 2.24) is 0 Å². The molecule has 31 heavy (non-hydrogen) atoms. The van der Waals surface area contributed by atoms with Gasteiger partial charge in [0.25, 0.3) is 0 Å². The molecule has 0 aromatic heterocycles. The Kier molecular flexibility index (Phi) is 12.1. The van der Waals surface area contributed by atoms with E-state index in [1.807, 2.05) is 27.7 Å². The molecule has 0 unspecified atom stereocenters. The Morgan fingerprint density at radius 3 is 1.35 bits per heavy atom. The molecule has 178 valence electrons. The molecule has 1 heterocycles. The van der Waals surface area contributed by atoms with Crippen molar-refractivity contribution in [3.63, 3.8) is 0 Å². The molecule has 1 aliphatic heterocycles. The smallest absolute Gasteiger partial charge is 0.308 e. The molecule has 1 rings (SSSR count). The number of carbonyl (C=O) groups excluding carboxylic acids is 4. The van der Waals surface area contributed by atoms with Crippen molar-refractivity contribution in [2.24, 2.45) is 0 Å². The second-order valence-electron chi connectivity index (χ2n) is 7.56. The van der Waals surface area contributed by atoms with E-state index in [9.17, 15) is 19.2 Å². The lowest BCUT2D eigenvalue weighted by Gasteiger charge is -2.43. The Labute approximate surface area is 184 Å². The second kappa shape index (κ2) is 14.0. The highest BCUT2D eigenvalue weighted by molar-refractivity contribution is 5.72. The van der Waals surface area contributed by atoms with Crippen LogP contribution in [0.1, 0.15) is 86.0 Å². The van der Waals surface area contributed by atoms with Crippen LogP contribution in [0.25, 0.3) is 0 Å². The first-order valence-corrected chi connectivity index (χ1v) is 11.2. The quantitative estimate of drug-likeness (QED) is 0.330. The van der Waals surface area contributed by atoms with Crippen molar-refractivity contribution < 1.29 is 42.9 Å². The van der Waals surface area contributed by atoms with Crippen molar-refractivity contribution in [2.75, 3.05) is 0 Å². The highest BCUT2D eigenvalue weighted by Gasteiger charge is 2.52. The summed E-state index contributed by atoms with van der Waals surface area (Å²) in [5.41, 5.74) is 0. The lowest BCUT2D eigenvalue weighted by molar-refractivity contribution is -0.294. The molecule has 0 saturated carbocycles. The Morgan fingerprint density at radius 1 is 0.581 bits per heavy atom. The Balaban J connectivity index is 3.24. The molecule has 9 nitrogen and oxygen atoms in total. The molecule has 0 amide bonds. The van der Waals surface area contributed by atoms with Crippen LogP contribution in [0.2, 0.25) is 0 Å². The van der Waals surface area contributed by atoms with Gasteiger partial charge in [0.1, 0.15) is 0 Å². The molecule has 1 saturated heterocycles. The summed E-state index contributed by atoms with van der Waals surface area (Å²) in [4.78, 5) is 48.9. The number of hydrogen-bond donors (Lipinski definition) is 0. The van der Waals surface area contributed by atoms with Gasteiger partial charge in [-0.3, -0.25) is 19.2 Å². The lowest BCUT2D eigenvalue weighted by atomic mass is 9.98. The number of esters is 4. The van der Waals surface area contributed by atoms with Gasteiger partial charge < -0.3 is 23.7 Å². The summed E-state index contributed by atoms with van der Waals surface area (Å²) in [5, 5.41) is 0. The molecule has 0 radical (unpaired) electrons. The minimum atomic E-state index is -1.28. The highest BCUT2D eigenvalue weighted by atomic mass is 16.7. The van der Waals surface area contributed by atoms with Crippen LogP contribution in [0.5, 0.6) is 0 Å². The number of ether oxygens (including phenoxy) is 5. The first-order valence-electron chi connectivity index (χ1n) is 11.2. The number of hydrogen-bond acceptors (Lipinski definition) is 9. The Bertz CT molecular complexity index is 604. The Hall–Kier alpha value is -2.16. The molecule has 0 aromatic carbocycles. The summed E-state index contributed by atoms with van der Waals surface area (Å²) < 4.78 is 27.8. The van der Waals surface area contributed by atoms with Gasteiger partial charge in [0.2, 0.25) is 12.4 Å². The van der Waals surface area contributed by atoms with Crippen LogP contribution in [-0.2, 0) is 42.9 Å². The molecule has 0 N–H and O–H groups in total. The molecule has 1 aliphatic rings. The van der Waals surface area contributed by atoms with Crippen molar-refractivity contribution in [3.05, 3.63) is 0 Å². The van der Waals surface area contributed by atoms with Gasteiger partial charge in [-0.2, -0.15) is 0 Å². The predicted octanol–water partition coefficient (Wildman–Crippen LogP) is 3.21. The third-order valence-electron chi connectivity index (χ3n) is 4.59. The summed E-state index contributed by atoms with van der Waals surface area (Å²) in [7, 11) is 0. The average molecular weight is 445 g/mol. The van der Waals surface area contributed by atoms with E-state index in [-0.39, 0.29) is 25.7 Å². The van der Waals surface area contributed by atoms with Gasteiger partial charge in [-0.25, -0.2) is 0 Å². The van der Waals surface area contributed by atoms with Crippen LogP contribution < -0.4 is 0 Å². The molecule has 5 atom stereocenters. The maximum Gasteiger partial charge on any atom is 0.308 e. The molecule has 0 spiro atoms. The molecule has 0 aromatic rings. The zero-order chi connectivity index (χ0) is 23.4. The van der Waals surface area contributed by atoms with Crippen LogP contribution in [0.4, 0.5) is 0 Å². The van der Waals surface area contributed by atoms with Gasteiger partial charge in [0, 0.05) is 25.7 Å². The van der Waals surface area contributed by atoms with E-state index in [2.05, 4.69) is 0 Å². The highest BCUT2D eigenvalue weighted by Crippen LogP contribution is 2.30. The van der Waals surface area contributed by atoms with Gasteiger partial charge in [-0.15, -0.1) is 0 Å². The standard InChI is InChI=1S/C22H36O9/c1-6-10-15(23)28-19-14(5)27-22(31-18(26)13-9-4)21(30-17(25)12-8-3)20(19)29-16(24)11-7-2/h14,19-22H,6-13H2,1-5H3/t14-,19-,20+,21+,22-/m0/s1. The molecule has 1 fully saturated rings. The predicted molar refractivity (Wildman–Crippen MR) is 110 cm³/mol. The number of rotatable bonds is 12. The topological polar surface area (TPSA) is 114 Å². The minimum Gasteiger partial charge on any atom is -0.455 e. The lowest BCUT2D eigenvalue weighted by Crippen LogP contribution is -2.61. The van der Waals surface area contributed by atoms with E-state index in [1.165, 1.54) is 0 Å². The summed E-state index contributed by atoms with van der Waals surface area (Å²) >= 11 is 0. The number of carbonyl (C=O) groups is 4. The van der Waals surface area contributed by atoms with Crippen LogP contribution in [0.3, 0.4) is 0 Å². The largest absolute Gasteiger partial charge is 0.455 e. The van der Waals surface area contributed by atoms with Gasteiger partial charge in [-0.05, 0) is 32.6 Å². The minimum absolute atomic E-state index is 0.123. The van der Waals surface area contributed by atoms with E-state index in [4.69, 9.17) is 23.7 Å². The molecular weight excluding hydrogens is 408 g/mol. The van der Waals surface area contributed by atoms with E-state index in [0.717, 1.165) is 0 Å². The van der Waals surface area contributed by atoms with E-state index in [0.29, 0.717) is 25.7 Å². The van der Waals surface area contributed by atoms with Gasteiger partial charge >= 0.3 is 23.9 Å². The fourth-order valence-electron chi connectivity index (χ4n) is 3.13. The van der Waals surface area contributed by atoms with Crippen LogP contribution in [0.15, 0.2) is 0 Å². The second-order valence-corrected chi connectivity index (χ2v) is 7.56. The Morgan fingerprint density at radius 2 is 0.935 bits per heavy atom. The first-order chi connectivity index (χ1) is 14.8. The first kappa shape index (κ1) is 26.9. The van der Waals surface area contributed by atoms with Crippen LogP contribution in [0, 0.1) is 0 Å². The average Bonchev–Trinajstić information content (AvgIpc) is 2.68. The fraction of sp³-hybridized carbons (Fsp3) is 0.818. The zero-order valence-electron chi connectivity index (χ0n) is 19.2. The van der Waals surface area contributed by atoms with Crippen molar-refractivity contribution in [1.29, 1.82) is 0 Å². The zero-order valence-corrected chi connectivity index (χ0v) is 19.2. The monoisotopic (exact) mass is 444 g/mol. The summed E-state index contributed by atoms with van der Waals surface area (Å²) in [5.74, 6) is -2.11. The summed E-state index contributed by atoms with van der Waals surface area (Å²) in [6, 6.07) is 0. The SMILES string of the molecule is CCCC(=O)O[C@@H]1O[C@@H](C)[C@H](OC(=O)CCC)[C@@H](OC(=O)CCC)[C@H]1OC(=O)CCC. The van der Waals surface area contributed by atoms with Gasteiger partial charge in [0.05, 0.1) is 6.10 Å². The van der Waals surface area contributed by atoms with E-state index in [1.54, 1.807) is 6.92 Å². The summed E-state index contributed by atoms with van der Waals surface area (Å²) in [6.07, 6.45) is -2.66. The van der Waals surface area contributed by atoms with E-state index >= 15 is 0 Å². The third kappa shape index (κ3) is 8.85.